The van der Waals surface area contributed by atoms with Gasteiger partial charge in [-0.1, -0.05) is 12.1 Å². The van der Waals surface area contributed by atoms with Crippen molar-refractivity contribution < 1.29 is 9.47 Å². The van der Waals surface area contributed by atoms with Crippen LogP contribution in [0.4, 0.5) is 17.2 Å². The van der Waals surface area contributed by atoms with Gasteiger partial charge in [-0.2, -0.15) is 0 Å². The molecule has 1 aliphatic heterocycles. The van der Waals surface area contributed by atoms with Gasteiger partial charge in [0.15, 0.2) is 11.5 Å². The first-order valence-electron chi connectivity index (χ1n) is 9.14. The largest absolute Gasteiger partial charge is 0.486 e. The molecule has 0 saturated carbocycles. The third-order valence-corrected chi connectivity index (χ3v) is 5.75. The molecule has 2 aromatic carbocycles. The van der Waals surface area contributed by atoms with Crippen molar-refractivity contribution in [2.24, 2.45) is 0 Å². The summed E-state index contributed by atoms with van der Waals surface area (Å²) in [4.78, 5) is 7.00. The molecule has 28 heavy (non-hydrogen) atoms. The van der Waals surface area contributed by atoms with Crippen LogP contribution in [0.25, 0.3) is 20.7 Å². The molecule has 5 rings (SSSR count). The van der Waals surface area contributed by atoms with E-state index in [4.69, 9.17) is 14.5 Å². The summed E-state index contributed by atoms with van der Waals surface area (Å²) in [6.45, 7) is 1.17. The second-order valence-electron chi connectivity index (χ2n) is 6.51. The van der Waals surface area contributed by atoms with Gasteiger partial charge in [0.05, 0.1) is 0 Å². The van der Waals surface area contributed by atoms with Crippen LogP contribution in [-0.4, -0.2) is 25.2 Å². The van der Waals surface area contributed by atoms with Crippen LogP contribution in [0.3, 0.4) is 0 Å². The molecule has 5 nitrogen and oxygen atoms in total. The van der Waals surface area contributed by atoms with Gasteiger partial charge in [0.2, 0.25) is 0 Å². The van der Waals surface area contributed by atoms with E-state index in [1.165, 1.54) is 10.4 Å². The fourth-order valence-electron chi connectivity index (χ4n) is 3.20. The van der Waals surface area contributed by atoms with Gasteiger partial charge in [-0.15, -0.1) is 11.3 Å². The van der Waals surface area contributed by atoms with Crippen molar-refractivity contribution in [2.45, 2.75) is 0 Å². The SMILES string of the molecule is CNc1ccc(-c2cc3ccc(Nc4ccc5c(c4)OCCO5)nc3s2)cc1. The Bertz CT molecular complexity index is 1140. The number of hydrogen-bond acceptors (Lipinski definition) is 6. The zero-order valence-electron chi connectivity index (χ0n) is 15.4. The Morgan fingerprint density at radius 2 is 1.64 bits per heavy atom. The predicted molar refractivity (Wildman–Crippen MR) is 115 cm³/mol. The first kappa shape index (κ1) is 16.9. The van der Waals surface area contributed by atoms with Crippen LogP contribution in [0.1, 0.15) is 0 Å². The van der Waals surface area contributed by atoms with Crippen molar-refractivity contribution in [3.63, 3.8) is 0 Å². The van der Waals surface area contributed by atoms with E-state index in [1.807, 2.05) is 31.3 Å². The first-order chi connectivity index (χ1) is 13.8. The smallest absolute Gasteiger partial charge is 0.163 e. The molecular formula is C22H19N3O2S. The minimum absolute atomic E-state index is 0.577. The standard InChI is InChI=1S/C22H19N3O2S/c1-23-16-5-2-14(3-6-16)20-12-15-4-9-21(25-22(15)28-20)24-17-7-8-18-19(13-17)27-11-10-26-18/h2-9,12-13,23H,10-11H2,1H3,(H,24,25). The monoisotopic (exact) mass is 389 g/mol. The third-order valence-electron chi connectivity index (χ3n) is 4.66. The number of rotatable bonds is 4. The van der Waals surface area contributed by atoms with Gasteiger partial charge in [0.1, 0.15) is 23.9 Å². The second kappa shape index (κ2) is 7.05. The number of thiophene rings is 1. The van der Waals surface area contributed by atoms with E-state index < -0.39 is 0 Å². The minimum Gasteiger partial charge on any atom is -0.486 e. The molecule has 0 unspecified atom stereocenters. The van der Waals surface area contributed by atoms with E-state index in [2.05, 4.69) is 47.0 Å². The summed E-state index contributed by atoms with van der Waals surface area (Å²) in [5.41, 5.74) is 3.23. The molecule has 0 saturated heterocycles. The number of hydrogen-bond donors (Lipinski definition) is 2. The van der Waals surface area contributed by atoms with Gasteiger partial charge in [-0.25, -0.2) is 4.98 Å². The number of fused-ring (bicyclic) bond motifs is 2. The van der Waals surface area contributed by atoms with Crippen molar-refractivity contribution >= 4 is 38.7 Å². The highest BCUT2D eigenvalue weighted by Crippen LogP contribution is 2.36. The molecule has 0 aliphatic carbocycles. The molecule has 0 spiro atoms. The summed E-state index contributed by atoms with van der Waals surface area (Å²) in [5, 5.41) is 7.65. The fourth-order valence-corrected chi connectivity index (χ4v) is 4.24. The third kappa shape index (κ3) is 3.23. The van der Waals surface area contributed by atoms with Gasteiger partial charge in [0, 0.05) is 34.8 Å². The van der Waals surface area contributed by atoms with Crippen molar-refractivity contribution in [3.05, 3.63) is 60.7 Å². The molecule has 1 aliphatic rings. The Balaban J connectivity index is 1.41. The fraction of sp³-hybridized carbons (Fsp3) is 0.136. The van der Waals surface area contributed by atoms with Gasteiger partial charge >= 0.3 is 0 Å². The average molecular weight is 389 g/mol. The van der Waals surface area contributed by atoms with Gasteiger partial charge in [0.25, 0.3) is 0 Å². The Kier molecular flexibility index (Phi) is 4.25. The first-order valence-corrected chi connectivity index (χ1v) is 9.95. The molecule has 140 valence electrons. The topological polar surface area (TPSA) is 55.4 Å². The summed E-state index contributed by atoms with van der Waals surface area (Å²) in [5.74, 6) is 2.36. The summed E-state index contributed by atoms with van der Waals surface area (Å²) in [6.07, 6.45) is 0. The van der Waals surface area contributed by atoms with E-state index in [0.717, 1.165) is 38.9 Å². The molecular weight excluding hydrogens is 370 g/mol. The highest BCUT2D eigenvalue weighted by Gasteiger charge is 2.12. The molecule has 0 bridgehead atoms. The lowest BCUT2D eigenvalue weighted by Crippen LogP contribution is -2.15. The summed E-state index contributed by atoms with van der Waals surface area (Å²) < 4.78 is 11.2. The van der Waals surface area contributed by atoms with Gasteiger partial charge in [-0.05, 0) is 48.0 Å². The maximum Gasteiger partial charge on any atom is 0.163 e. The summed E-state index contributed by atoms with van der Waals surface area (Å²) in [7, 11) is 1.93. The van der Waals surface area contributed by atoms with Gasteiger partial charge < -0.3 is 20.1 Å². The van der Waals surface area contributed by atoms with Crippen LogP contribution >= 0.6 is 11.3 Å². The number of pyridine rings is 1. The molecule has 2 N–H and O–H groups in total. The highest BCUT2D eigenvalue weighted by atomic mass is 32.1. The average Bonchev–Trinajstić information content (AvgIpc) is 3.17. The Morgan fingerprint density at radius 3 is 2.46 bits per heavy atom. The van der Waals surface area contributed by atoms with Crippen molar-refractivity contribution in [1.29, 1.82) is 0 Å². The van der Waals surface area contributed by atoms with E-state index >= 15 is 0 Å². The molecule has 0 radical (unpaired) electrons. The van der Waals surface area contributed by atoms with E-state index in [-0.39, 0.29) is 0 Å². The minimum atomic E-state index is 0.577. The quantitative estimate of drug-likeness (QED) is 0.481. The maximum absolute atomic E-state index is 5.65. The lowest BCUT2D eigenvalue weighted by molar-refractivity contribution is 0.171. The summed E-state index contributed by atoms with van der Waals surface area (Å²) >= 11 is 1.70. The molecule has 0 fully saturated rings. The number of benzene rings is 2. The van der Waals surface area contributed by atoms with Crippen LogP contribution in [-0.2, 0) is 0 Å². The van der Waals surface area contributed by atoms with E-state index in [1.54, 1.807) is 11.3 Å². The second-order valence-corrected chi connectivity index (χ2v) is 7.54. The number of anilines is 3. The predicted octanol–water partition coefficient (Wildman–Crippen LogP) is 5.52. The number of nitrogens with zero attached hydrogens (tertiary/aromatic N) is 1. The molecule has 3 heterocycles. The van der Waals surface area contributed by atoms with Crippen molar-refractivity contribution in [2.75, 3.05) is 30.9 Å². The Labute approximate surface area is 167 Å². The van der Waals surface area contributed by atoms with Crippen LogP contribution < -0.4 is 20.1 Å². The van der Waals surface area contributed by atoms with Crippen LogP contribution in [0.15, 0.2) is 60.7 Å². The van der Waals surface area contributed by atoms with Crippen LogP contribution in [0, 0.1) is 0 Å². The zero-order valence-corrected chi connectivity index (χ0v) is 16.2. The van der Waals surface area contributed by atoms with E-state index in [9.17, 15) is 0 Å². The lowest BCUT2D eigenvalue weighted by atomic mass is 10.1. The maximum atomic E-state index is 5.65. The van der Waals surface area contributed by atoms with E-state index in [0.29, 0.717) is 13.2 Å². The van der Waals surface area contributed by atoms with Crippen LogP contribution in [0.2, 0.25) is 0 Å². The molecule has 0 atom stereocenters. The van der Waals surface area contributed by atoms with Crippen molar-refractivity contribution in [3.8, 4) is 21.9 Å². The Morgan fingerprint density at radius 1 is 0.857 bits per heavy atom. The molecule has 4 aromatic rings. The molecule has 0 amide bonds. The number of nitrogens with one attached hydrogen (secondary N) is 2. The molecule has 6 heteroatoms. The summed E-state index contributed by atoms with van der Waals surface area (Å²) in [6, 6.07) is 20.6. The lowest BCUT2D eigenvalue weighted by Gasteiger charge is -2.19. The number of ether oxygens (including phenoxy) is 2. The zero-order chi connectivity index (χ0) is 18.9. The van der Waals surface area contributed by atoms with Crippen molar-refractivity contribution in [1.82, 2.24) is 4.98 Å². The Hall–Kier alpha value is -3.25. The van der Waals surface area contributed by atoms with Crippen LogP contribution in [0.5, 0.6) is 11.5 Å². The van der Waals surface area contributed by atoms with Gasteiger partial charge in [-0.3, -0.25) is 0 Å². The number of aromatic nitrogens is 1. The molecule has 2 aromatic heterocycles. The normalized spacial score (nSPS) is 12.8. The highest BCUT2D eigenvalue weighted by molar-refractivity contribution is 7.21.